The maximum absolute atomic E-state index is 6.37. The molecule has 0 bridgehead atoms. The van der Waals surface area contributed by atoms with E-state index in [2.05, 4.69) is 79.4 Å². The van der Waals surface area contributed by atoms with Gasteiger partial charge in [-0.05, 0) is 37.8 Å². The molecule has 0 amide bonds. The Balaban J connectivity index is 1.67. The Morgan fingerprint density at radius 3 is 1.88 bits per heavy atom. The minimum atomic E-state index is 0.0165. The first-order valence-electron chi connectivity index (χ1n) is 9.23. The van der Waals surface area contributed by atoms with E-state index in [-0.39, 0.29) is 6.10 Å². The van der Waals surface area contributed by atoms with E-state index in [1.54, 1.807) is 0 Å². The standard InChI is InChI=1S/C22H29NO/c1-18-10-9-11-19(2)23(18)16-17-24-22(20-12-5-3-6-13-20)21-14-7-4-8-15-21/h3-8,12-15,18-19,22H,9-11,16-17H2,1-2H3/t18-,19-/m1/s1. The first-order valence-corrected chi connectivity index (χ1v) is 9.23. The highest BCUT2D eigenvalue weighted by Crippen LogP contribution is 2.27. The van der Waals surface area contributed by atoms with Gasteiger partial charge < -0.3 is 4.74 Å². The van der Waals surface area contributed by atoms with Crippen LogP contribution in [0.5, 0.6) is 0 Å². The van der Waals surface area contributed by atoms with Gasteiger partial charge in [0.05, 0.1) is 6.61 Å². The third kappa shape index (κ3) is 4.25. The van der Waals surface area contributed by atoms with Crippen LogP contribution in [0, 0.1) is 0 Å². The number of hydrogen-bond acceptors (Lipinski definition) is 2. The minimum absolute atomic E-state index is 0.0165. The van der Waals surface area contributed by atoms with Crippen molar-refractivity contribution in [3.05, 3.63) is 71.8 Å². The third-order valence-corrected chi connectivity index (χ3v) is 5.21. The summed E-state index contributed by atoms with van der Waals surface area (Å²) in [6.45, 7) is 6.48. The molecule has 1 heterocycles. The van der Waals surface area contributed by atoms with Crippen molar-refractivity contribution < 1.29 is 4.74 Å². The van der Waals surface area contributed by atoms with Crippen molar-refractivity contribution in [2.24, 2.45) is 0 Å². The molecule has 0 saturated carbocycles. The van der Waals surface area contributed by atoms with Crippen LogP contribution in [0.15, 0.2) is 60.7 Å². The summed E-state index contributed by atoms with van der Waals surface area (Å²) in [5.74, 6) is 0. The number of hydrogen-bond donors (Lipinski definition) is 0. The average molecular weight is 323 g/mol. The van der Waals surface area contributed by atoms with Crippen LogP contribution in [-0.4, -0.2) is 30.1 Å². The second kappa shape index (κ2) is 8.46. The van der Waals surface area contributed by atoms with Crippen LogP contribution < -0.4 is 0 Å². The van der Waals surface area contributed by atoms with Crippen LogP contribution in [0.2, 0.25) is 0 Å². The number of ether oxygens (including phenoxy) is 1. The summed E-state index contributed by atoms with van der Waals surface area (Å²) >= 11 is 0. The van der Waals surface area contributed by atoms with Gasteiger partial charge in [0, 0.05) is 18.6 Å². The van der Waals surface area contributed by atoms with Gasteiger partial charge in [0.1, 0.15) is 6.10 Å². The topological polar surface area (TPSA) is 12.5 Å². The zero-order valence-electron chi connectivity index (χ0n) is 14.9. The fourth-order valence-corrected chi connectivity index (χ4v) is 3.83. The monoisotopic (exact) mass is 323 g/mol. The van der Waals surface area contributed by atoms with Crippen molar-refractivity contribution in [1.29, 1.82) is 0 Å². The molecule has 3 rings (SSSR count). The molecular weight excluding hydrogens is 294 g/mol. The van der Waals surface area contributed by atoms with Gasteiger partial charge in [0.15, 0.2) is 0 Å². The maximum atomic E-state index is 6.37. The second-order valence-corrected chi connectivity index (χ2v) is 6.94. The van der Waals surface area contributed by atoms with E-state index in [1.165, 1.54) is 30.4 Å². The SMILES string of the molecule is C[C@@H]1CCC[C@@H](C)N1CCOC(c1ccccc1)c1ccccc1. The molecule has 0 radical (unpaired) electrons. The van der Waals surface area contributed by atoms with Crippen LogP contribution in [0.4, 0.5) is 0 Å². The fourth-order valence-electron chi connectivity index (χ4n) is 3.83. The Kier molecular flexibility index (Phi) is 6.06. The predicted molar refractivity (Wildman–Crippen MR) is 100 cm³/mol. The van der Waals surface area contributed by atoms with Gasteiger partial charge in [-0.15, -0.1) is 0 Å². The van der Waals surface area contributed by atoms with Crippen LogP contribution >= 0.6 is 0 Å². The van der Waals surface area contributed by atoms with Gasteiger partial charge in [-0.1, -0.05) is 67.1 Å². The molecule has 2 aromatic carbocycles. The normalized spacial score (nSPS) is 22.0. The van der Waals surface area contributed by atoms with Gasteiger partial charge in [-0.3, -0.25) is 4.90 Å². The Morgan fingerprint density at radius 1 is 0.875 bits per heavy atom. The molecular formula is C22H29NO. The van der Waals surface area contributed by atoms with Crippen LogP contribution in [-0.2, 0) is 4.74 Å². The minimum Gasteiger partial charge on any atom is -0.367 e. The molecule has 1 aliphatic rings. The molecule has 1 fully saturated rings. The molecule has 0 aromatic heterocycles. The van der Waals surface area contributed by atoms with Crippen molar-refractivity contribution in [2.45, 2.75) is 51.3 Å². The molecule has 0 aliphatic carbocycles. The number of nitrogens with zero attached hydrogens (tertiary/aromatic N) is 1. The molecule has 2 atom stereocenters. The van der Waals surface area contributed by atoms with Crippen molar-refractivity contribution in [2.75, 3.05) is 13.2 Å². The summed E-state index contributed by atoms with van der Waals surface area (Å²) in [5, 5.41) is 0. The highest BCUT2D eigenvalue weighted by molar-refractivity contribution is 5.29. The molecule has 1 aliphatic heterocycles. The van der Waals surface area contributed by atoms with Gasteiger partial charge in [0.2, 0.25) is 0 Å². The highest BCUT2D eigenvalue weighted by atomic mass is 16.5. The molecule has 1 saturated heterocycles. The van der Waals surface area contributed by atoms with Crippen molar-refractivity contribution in [3.63, 3.8) is 0 Å². The van der Waals surface area contributed by atoms with E-state index >= 15 is 0 Å². The zero-order chi connectivity index (χ0) is 16.8. The van der Waals surface area contributed by atoms with Gasteiger partial charge in [0.25, 0.3) is 0 Å². The Labute approximate surface area is 146 Å². The number of benzene rings is 2. The second-order valence-electron chi connectivity index (χ2n) is 6.94. The van der Waals surface area contributed by atoms with Crippen molar-refractivity contribution in [1.82, 2.24) is 4.90 Å². The Morgan fingerprint density at radius 2 is 1.38 bits per heavy atom. The summed E-state index contributed by atoms with van der Waals surface area (Å²) in [6, 6.07) is 22.4. The maximum Gasteiger partial charge on any atom is 0.108 e. The smallest absolute Gasteiger partial charge is 0.108 e. The predicted octanol–water partition coefficient (Wildman–Crippen LogP) is 5.06. The molecule has 24 heavy (non-hydrogen) atoms. The van der Waals surface area contributed by atoms with Gasteiger partial charge >= 0.3 is 0 Å². The molecule has 128 valence electrons. The lowest BCUT2D eigenvalue weighted by Crippen LogP contribution is -2.45. The highest BCUT2D eigenvalue weighted by Gasteiger charge is 2.24. The summed E-state index contributed by atoms with van der Waals surface area (Å²) in [6.07, 6.45) is 4.00. The Hall–Kier alpha value is -1.64. The first kappa shape index (κ1) is 17.2. The van der Waals surface area contributed by atoms with Crippen LogP contribution in [0.25, 0.3) is 0 Å². The summed E-state index contributed by atoms with van der Waals surface area (Å²) in [5.41, 5.74) is 2.45. The lowest BCUT2D eigenvalue weighted by atomic mass is 9.98. The summed E-state index contributed by atoms with van der Waals surface area (Å²) < 4.78 is 6.37. The zero-order valence-corrected chi connectivity index (χ0v) is 14.9. The van der Waals surface area contributed by atoms with Crippen LogP contribution in [0.3, 0.4) is 0 Å². The molecule has 2 aromatic rings. The summed E-state index contributed by atoms with van der Waals surface area (Å²) in [4.78, 5) is 2.61. The van der Waals surface area contributed by atoms with E-state index in [0.29, 0.717) is 12.1 Å². The molecule has 2 heteroatoms. The average Bonchev–Trinajstić information content (AvgIpc) is 2.62. The summed E-state index contributed by atoms with van der Waals surface area (Å²) in [7, 11) is 0. The Bertz CT molecular complexity index is 548. The fraction of sp³-hybridized carbons (Fsp3) is 0.455. The van der Waals surface area contributed by atoms with E-state index < -0.39 is 0 Å². The van der Waals surface area contributed by atoms with Crippen molar-refractivity contribution >= 4 is 0 Å². The van der Waals surface area contributed by atoms with Crippen LogP contribution in [0.1, 0.15) is 50.3 Å². The van der Waals surface area contributed by atoms with E-state index in [0.717, 1.165) is 13.2 Å². The van der Waals surface area contributed by atoms with E-state index in [4.69, 9.17) is 4.74 Å². The molecule has 0 N–H and O–H groups in total. The molecule has 0 unspecified atom stereocenters. The molecule has 0 spiro atoms. The quantitative estimate of drug-likeness (QED) is 0.737. The molecule has 2 nitrogen and oxygen atoms in total. The number of rotatable bonds is 6. The third-order valence-electron chi connectivity index (χ3n) is 5.21. The van der Waals surface area contributed by atoms with Crippen molar-refractivity contribution in [3.8, 4) is 0 Å². The van der Waals surface area contributed by atoms with Gasteiger partial charge in [-0.2, -0.15) is 0 Å². The van der Waals surface area contributed by atoms with Gasteiger partial charge in [-0.25, -0.2) is 0 Å². The first-order chi connectivity index (χ1) is 11.8. The lowest BCUT2D eigenvalue weighted by Gasteiger charge is -2.39. The van der Waals surface area contributed by atoms with E-state index in [1.807, 2.05) is 0 Å². The number of piperidine rings is 1. The number of likely N-dealkylation sites (tertiary alicyclic amines) is 1. The lowest BCUT2D eigenvalue weighted by molar-refractivity contribution is 0.0259. The largest absolute Gasteiger partial charge is 0.367 e. The van der Waals surface area contributed by atoms with E-state index in [9.17, 15) is 0 Å².